The Balaban J connectivity index is 1.42. The number of hydrogen-bond donors (Lipinski definition) is 3. The first-order valence-corrected chi connectivity index (χ1v) is 24.3. The molecular formula is C33H48N8O13P2Si. The molecule has 6 rings (SSSR count). The van der Waals surface area contributed by atoms with Crippen LogP contribution in [0.2, 0.25) is 18.1 Å². The second-order valence-electron chi connectivity index (χ2n) is 15.8. The number of H-pyrrole nitrogens is 1. The summed E-state index contributed by atoms with van der Waals surface area (Å²) >= 11 is 0. The van der Waals surface area contributed by atoms with Crippen molar-refractivity contribution in [2.24, 2.45) is 11.8 Å². The number of amides is 1. The van der Waals surface area contributed by atoms with Crippen molar-refractivity contribution >= 4 is 47.0 Å². The number of carbonyl (C=O) groups is 1. The average molecular weight is 855 g/mol. The van der Waals surface area contributed by atoms with Crippen molar-refractivity contribution in [2.45, 2.75) is 109 Å². The molecule has 57 heavy (non-hydrogen) atoms. The number of carbonyl (C=O) groups excluding carboxylic acids is 1. The summed E-state index contributed by atoms with van der Waals surface area (Å²) in [4.78, 5) is 56.0. The molecule has 3 aromatic rings. The first-order valence-electron chi connectivity index (χ1n) is 18.4. The lowest BCUT2D eigenvalue weighted by atomic mass is 10.1. The lowest BCUT2D eigenvalue weighted by molar-refractivity contribution is -0.118. The molecule has 2 bridgehead atoms. The van der Waals surface area contributed by atoms with Gasteiger partial charge in [0.15, 0.2) is 25.7 Å². The Kier molecular flexibility index (Phi) is 12.9. The molecule has 0 spiro atoms. The predicted octanol–water partition coefficient (Wildman–Crippen LogP) is 4.61. The predicted molar refractivity (Wildman–Crippen MR) is 202 cm³/mol. The molecule has 9 atom stereocenters. The molecule has 0 aromatic carbocycles. The minimum atomic E-state index is -4.84. The third kappa shape index (κ3) is 10.1. The van der Waals surface area contributed by atoms with Crippen LogP contribution in [-0.2, 0) is 45.7 Å². The summed E-state index contributed by atoms with van der Waals surface area (Å²) in [5.41, 5.74) is -0.851. The number of nitriles is 1. The van der Waals surface area contributed by atoms with Crippen molar-refractivity contribution in [3.05, 3.63) is 35.3 Å². The highest BCUT2D eigenvalue weighted by molar-refractivity contribution is 7.48. The van der Waals surface area contributed by atoms with Crippen LogP contribution in [0.1, 0.15) is 60.1 Å². The summed E-state index contributed by atoms with van der Waals surface area (Å²) in [6, 6.07) is 3.50. The Morgan fingerprint density at radius 2 is 1.95 bits per heavy atom. The van der Waals surface area contributed by atoms with Crippen molar-refractivity contribution in [3.8, 4) is 11.9 Å². The van der Waals surface area contributed by atoms with Crippen LogP contribution in [0.4, 0.5) is 5.95 Å². The summed E-state index contributed by atoms with van der Waals surface area (Å²) < 4.78 is 78.7. The Bertz CT molecular complexity index is 2110. The number of fused-ring (bicyclic) bond motifs is 4. The Morgan fingerprint density at radius 1 is 1.18 bits per heavy atom. The first-order chi connectivity index (χ1) is 26.8. The molecule has 21 nitrogen and oxygen atoms in total. The number of anilines is 1. The van der Waals surface area contributed by atoms with E-state index in [0.717, 1.165) is 0 Å². The van der Waals surface area contributed by atoms with Crippen LogP contribution < -0.4 is 15.6 Å². The van der Waals surface area contributed by atoms with Gasteiger partial charge in [-0.25, -0.2) is 24.1 Å². The molecule has 5 heterocycles. The van der Waals surface area contributed by atoms with Crippen molar-refractivity contribution in [1.82, 2.24) is 29.5 Å². The molecule has 3 aliphatic rings. The maximum Gasteiger partial charge on any atom is 0.475 e. The van der Waals surface area contributed by atoms with Crippen LogP contribution >= 0.6 is 15.6 Å². The van der Waals surface area contributed by atoms with Gasteiger partial charge in [0.05, 0.1) is 44.7 Å². The number of phosphoric acid groups is 2. The fourth-order valence-corrected chi connectivity index (χ4v) is 9.96. The standard InChI is InChI=1S/C33H48N8O13P2Si/c1-19(2)29(42)39-32-38-28-25(30(43)40-32)37-18-41(28)31-27-26(54-57(6,7)33(3,4)5)23(51-31)16-48-55(44,45)52-22-14-21(50-24-9-11-35-17-36-24)13-20(22)15-49-56(46,53-27)47-12-8-10-34/h9,11,17-23,26-27,31H,8,12-16H2,1-7H3,(H,44,45)(H2,38,39,40,42,43)/t20-,21-,22+,23-,26-,27-,31-,56?/m1/s1. The number of phosphoric ester groups is 2. The summed E-state index contributed by atoms with van der Waals surface area (Å²) in [6.07, 6.45) is -2.41. The molecule has 0 radical (unpaired) electrons. The Hall–Kier alpha value is -3.45. The molecule has 24 heteroatoms. The molecule has 2 unspecified atom stereocenters. The monoisotopic (exact) mass is 854 g/mol. The van der Waals surface area contributed by atoms with E-state index in [4.69, 9.17) is 36.5 Å². The summed E-state index contributed by atoms with van der Waals surface area (Å²) in [6.45, 7) is 12.0. The lowest BCUT2D eigenvalue weighted by Gasteiger charge is -2.40. The van der Waals surface area contributed by atoms with Gasteiger partial charge >= 0.3 is 15.6 Å². The number of aromatic amines is 1. The van der Waals surface area contributed by atoms with Gasteiger partial charge in [-0.1, -0.05) is 34.6 Å². The third-order valence-corrected chi connectivity index (χ3v) is 17.2. The fourth-order valence-electron chi connectivity index (χ4n) is 6.23. The molecule has 3 N–H and O–H groups in total. The molecule has 1 saturated carbocycles. The highest BCUT2D eigenvalue weighted by Crippen LogP contribution is 2.57. The van der Waals surface area contributed by atoms with Gasteiger partial charge in [0.25, 0.3) is 5.56 Å². The van der Waals surface area contributed by atoms with Crippen LogP contribution in [0.3, 0.4) is 0 Å². The van der Waals surface area contributed by atoms with E-state index >= 15 is 0 Å². The average Bonchev–Trinajstić information content (AvgIpc) is 3.81. The van der Waals surface area contributed by atoms with Crippen LogP contribution in [0.25, 0.3) is 11.2 Å². The van der Waals surface area contributed by atoms with E-state index in [2.05, 4.69) is 30.2 Å². The summed E-state index contributed by atoms with van der Waals surface area (Å²) in [5, 5.41) is 11.5. The fraction of sp³-hybridized carbons (Fsp3) is 0.667. The maximum absolute atomic E-state index is 14.8. The Morgan fingerprint density at radius 3 is 2.63 bits per heavy atom. The quantitative estimate of drug-likeness (QED) is 0.143. The summed E-state index contributed by atoms with van der Waals surface area (Å²) in [5.74, 6) is -1.43. The zero-order chi connectivity index (χ0) is 41.3. The van der Waals surface area contributed by atoms with E-state index in [0.29, 0.717) is 0 Å². The molecule has 3 aromatic heterocycles. The topological polar surface area (TPSA) is 270 Å². The maximum atomic E-state index is 14.8. The number of rotatable bonds is 10. The zero-order valence-electron chi connectivity index (χ0n) is 32.6. The summed E-state index contributed by atoms with van der Waals surface area (Å²) in [7, 11) is -12.3. The molecule has 1 amide bonds. The van der Waals surface area contributed by atoms with Gasteiger partial charge in [-0.15, -0.1) is 0 Å². The number of aromatic nitrogens is 6. The molecule has 1 aliphatic carbocycles. The minimum absolute atomic E-state index is 0.0500. The van der Waals surface area contributed by atoms with Crippen molar-refractivity contribution < 1.29 is 55.3 Å². The van der Waals surface area contributed by atoms with Gasteiger partial charge in [0, 0.05) is 30.5 Å². The number of ether oxygens (including phenoxy) is 2. The first kappa shape index (κ1) is 43.1. The van der Waals surface area contributed by atoms with Gasteiger partial charge in [-0.3, -0.25) is 47.1 Å². The van der Waals surface area contributed by atoms with E-state index in [-0.39, 0.29) is 60.5 Å². The highest BCUT2D eigenvalue weighted by Gasteiger charge is 2.56. The number of nitrogens with one attached hydrogen (secondary N) is 2. The van der Waals surface area contributed by atoms with Gasteiger partial charge in [0.1, 0.15) is 30.7 Å². The second-order valence-corrected chi connectivity index (χ2v) is 23.6. The number of imidazole rings is 1. The molecule has 3 fully saturated rings. The molecule has 312 valence electrons. The van der Waals surface area contributed by atoms with Crippen LogP contribution in [0.15, 0.2) is 29.7 Å². The van der Waals surface area contributed by atoms with Crippen LogP contribution in [-0.4, -0.2) is 98.9 Å². The van der Waals surface area contributed by atoms with Crippen molar-refractivity contribution in [3.63, 3.8) is 0 Å². The van der Waals surface area contributed by atoms with E-state index < -0.39 is 90.6 Å². The normalized spacial score (nSPS) is 31.2. The zero-order valence-corrected chi connectivity index (χ0v) is 35.4. The third-order valence-electron chi connectivity index (χ3n) is 10.3. The minimum Gasteiger partial charge on any atom is -0.474 e. The smallest absolute Gasteiger partial charge is 0.474 e. The SMILES string of the molecule is CC(C)C(=O)Nc1nc2c(ncn2[C@@H]2O[C@@H]3COP(=O)(O)O[C@H]4C[C@H](Oc5ccncn5)C[C@@H]4COP(=O)(OCCC#N)O[C@@H]2[C@@H]3O[Si](C)(C)C(C)(C)C)c(=O)[nH]1. The van der Waals surface area contributed by atoms with E-state index in [1.165, 1.54) is 23.4 Å². The van der Waals surface area contributed by atoms with Gasteiger partial charge < -0.3 is 18.8 Å². The highest BCUT2D eigenvalue weighted by atomic mass is 31.2. The molecule has 2 aliphatic heterocycles. The van der Waals surface area contributed by atoms with E-state index in [1.807, 2.05) is 39.9 Å². The van der Waals surface area contributed by atoms with Gasteiger partial charge in [-0.05, 0) is 24.6 Å². The number of hydrogen-bond acceptors (Lipinski definition) is 17. The van der Waals surface area contributed by atoms with Gasteiger partial charge in [0.2, 0.25) is 17.7 Å². The molecular weight excluding hydrogens is 806 g/mol. The Labute approximate surface area is 329 Å². The second kappa shape index (κ2) is 17.0. The van der Waals surface area contributed by atoms with Crippen LogP contribution in [0, 0.1) is 23.2 Å². The largest absolute Gasteiger partial charge is 0.475 e. The van der Waals surface area contributed by atoms with E-state index in [1.54, 1.807) is 19.9 Å². The van der Waals surface area contributed by atoms with Crippen molar-refractivity contribution in [2.75, 3.05) is 25.1 Å². The van der Waals surface area contributed by atoms with Crippen LogP contribution in [0.5, 0.6) is 5.88 Å². The van der Waals surface area contributed by atoms with E-state index in [9.17, 15) is 28.9 Å². The number of nitrogens with zero attached hydrogens (tertiary/aromatic N) is 6. The lowest BCUT2D eigenvalue weighted by Crippen LogP contribution is -2.50. The van der Waals surface area contributed by atoms with Gasteiger partial charge in [-0.2, -0.15) is 10.2 Å². The molecule has 2 saturated heterocycles. The van der Waals surface area contributed by atoms with Crippen molar-refractivity contribution in [1.29, 1.82) is 5.26 Å².